The molecule has 12 heteroatoms. The number of allylic oxidation sites excluding steroid dienone is 2. The lowest BCUT2D eigenvalue weighted by Gasteiger charge is -2.36. The number of aliphatic hydroxyl groups is 2. The molecule has 0 aromatic carbocycles. The summed E-state index contributed by atoms with van der Waals surface area (Å²) in [7, 11) is 0. The topological polar surface area (TPSA) is 179 Å². The SMILES string of the molecule is CC(=O)OC1=CC(O)([N+](=O)[O-])CC=C1C(C)(C)C1=CCC(O)([N+](=O)[O-])C=C1OC(C)=O. The van der Waals surface area contributed by atoms with Gasteiger partial charge in [0.1, 0.15) is 11.5 Å². The van der Waals surface area contributed by atoms with E-state index in [0.29, 0.717) is 0 Å². The molecule has 0 aromatic rings. The Kier molecular flexibility index (Phi) is 6.20. The highest BCUT2D eigenvalue weighted by Gasteiger charge is 2.48. The molecule has 2 unspecified atom stereocenters. The number of hydrogen-bond acceptors (Lipinski definition) is 10. The molecule has 2 N–H and O–H groups in total. The fraction of sp³-hybridized carbons (Fsp3) is 0.474. The maximum Gasteiger partial charge on any atom is 0.349 e. The minimum Gasteiger partial charge on any atom is -0.426 e. The van der Waals surface area contributed by atoms with E-state index in [0.717, 1.165) is 26.0 Å². The van der Waals surface area contributed by atoms with Gasteiger partial charge in [0.05, 0.1) is 34.8 Å². The highest BCUT2D eigenvalue weighted by atomic mass is 16.7. The zero-order valence-electron chi connectivity index (χ0n) is 17.3. The van der Waals surface area contributed by atoms with Crippen LogP contribution in [-0.2, 0) is 19.1 Å². The number of hydrogen-bond donors (Lipinski definition) is 2. The molecule has 0 aromatic heterocycles. The minimum absolute atomic E-state index is 0.241. The van der Waals surface area contributed by atoms with Crippen LogP contribution >= 0.6 is 0 Å². The lowest BCUT2D eigenvalue weighted by atomic mass is 9.71. The molecule has 0 amide bonds. The van der Waals surface area contributed by atoms with E-state index in [1.165, 1.54) is 12.2 Å². The Morgan fingerprint density at radius 1 is 0.903 bits per heavy atom. The maximum absolute atomic E-state index is 11.6. The molecule has 0 bridgehead atoms. The van der Waals surface area contributed by atoms with Crippen LogP contribution in [0.4, 0.5) is 0 Å². The van der Waals surface area contributed by atoms with Crippen molar-refractivity contribution in [3.63, 3.8) is 0 Å². The predicted octanol–water partition coefficient (Wildman–Crippen LogP) is 1.50. The van der Waals surface area contributed by atoms with Crippen LogP contribution in [0.3, 0.4) is 0 Å². The molecule has 0 saturated carbocycles. The Morgan fingerprint density at radius 2 is 1.23 bits per heavy atom. The van der Waals surface area contributed by atoms with Crippen LogP contribution in [0.25, 0.3) is 0 Å². The maximum atomic E-state index is 11.6. The summed E-state index contributed by atoms with van der Waals surface area (Å²) in [4.78, 5) is 43.8. The van der Waals surface area contributed by atoms with Crippen molar-refractivity contribution in [1.29, 1.82) is 0 Å². The molecule has 0 saturated heterocycles. The molecule has 31 heavy (non-hydrogen) atoms. The smallest absolute Gasteiger partial charge is 0.349 e. The summed E-state index contributed by atoms with van der Waals surface area (Å²) in [6.07, 6.45) is 3.34. The van der Waals surface area contributed by atoms with E-state index in [-0.39, 0.29) is 22.7 Å². The Hall–Kier alpha value is -3.38. The lowest BCUT2D eigenvalue weighted by molar-refractivity contribution is -0.607. The van der Waals surface area contributed by atoms with Crippen LogP contribution in [0.5, 0.6) is 0 Å². The van der Waals surface area contributed by atoms with Gasteiger partial charge in [0.2, 0.25) is 0 Å². The normalized spacial score (nSPS) is 26.0. The average Bonchev–Trinajstić information content (AvgIpc) is 2.60. The van der Waals surface area contributed by atoms with E-state index < -0.39 is 51.5 Å². The highest BCUT2D eigenvalue weighted by molar-refractivity contribution is 5.70. The lowest BCUT2D eigenvalue weighted by Crippen LogP contribution is -2.41. The Labute approximate surface area is 176 Å². The number of carbonyl (C=O) groups excluding carboxylic acids is 2. The predicted molar refractivity (Wildman–Crippen MR) is 103 cm³/mol. The van der Waals surface area contributed by atoms with Gasteiger partial charge in [0.15, 0.2) is 0 Å². The van der Waals surface area contributed by atoms with Gasteiger partial charge >= 0.3 is 23.4 Å². The molecule has 2 atom stereocenters. The summed E-state index contributed by atoms with van der Waals surface area (Å²) in [5.74, 6) is -2.14. The minimum atomic E-state index is -2.49. The molecule has 2 aliphatic rings. The Morgan fingerprint density at radius 3 is 1.48 bits per heavy atom. The second-order valence-electron chi connectivity index (χ2n) is 7.74. The van der Waals surface area contributed by atoms with E-state index in [9.17, 15) is 40.0 Å². The second-order valence-corrected chi connectivity index (χ2v) is 7.74. The van der Waals surface area contributed by atoms with Crippen molar-refractivity contribution in [3.05, 3.63) is 67.2 Å². The third-order valence-electron chi connectivity index (χ3n) is 4.96. The number of rotatable bonds is 6. The van der Waals surface area contributed by atoms with Gasteiger partial charge in [0, 0.05) is 30.4 Å². The molecule has 0 radical (unpaired) electrons. The summed E-state index contributed by atoms with van der Waals surface area (Å²) >= 11 is 0. The van der Waals surface area contributed by atoms with Crippen LogP contribution in [0.1, 0.15) is 40.5 Å². The van der Waals surface area contributed by atoms with Gasteiger partial charge in [-0.05, 0) is 0 Å². The first-order chi connectivity index (χ1) is 14.1. The largest absolute Gasteiger partial charge is 0.426 e. The van der Waals surface area contributed by atoms with Crippen LogP contribution in [0.2, 0.25) is 0 Å². The van der Waals surface area contributed by atoms with Crippen molar-refractivity contribution in [2.75, 3.05) is 0 Å². The van der Waals surface area contributed by atoms with Crippen LogP contribution < -0.4 is 0 Å². The molecule has 0 aliphatic heterocycles. The quantitative estimate of drug-likeness (QED) is 0.267. The van der Waals surface area contributed by atoms with Gasteiger partial charge < -0.3 is 19.7 Å². The van der Waals surface area contributed by atoms with E-state index in [1.807, 2.05) is 0 Å². The van der Waals surface area contributed by atoms with Gasteiger partial charge in [-0.1, -0.05) is 26.0 Å². The van der Waals surface area contributed by atoms with Crippen molar-refractivity contribution >= 4 is 11.9 Å². The van der Waals surface area contributed by atoms with Crippen LogP contribution in [0, 0.1) is 25.6 Å². The number of ether oxygens (including phenoxy) is 2. The zero-order valence-corrected chi connectivity index (χ0v) is 17.3. The highest BCUT2D eigenvalue weighted by Crippen LogP contribution is 2.47. The fourth-order valence-corrected chi connectivity index (χ4v) is 3.40. The summed E-state index contributed by atoms with van der Waals surface area (Å²) in [6, 6.07) is 0. The molecular weight excluding hydrogens is 416 g/mol. The van der Waals surface area contributed by atoms with E-state index in [2.05, 4.69) is 0 Å². The van der Waals surface area contributed by atoms with Gasteiger partial charge in [-0.25, -0.2) is 0 Å². The van der Waals surface area contributed by atoms with Gasteiger partial charge in [-0.2, -0.15) is 0 Å². The third kappa shape index (κ3) is 4.70. The third-order valence-corrected chi connectivity index (χ3v) is 4.96. The van der Waals surface area contributed by atoms with Crippen molar-refractivity contribution in [2.45, 2.75) is 52.0 Å². The first kappa shape index (κ1) is 23.9. The van der Waals surface area contributed by atoms with Gasteiger partial charge in [-0.15, -0.1) is 0 Å². The molecule has 168 valence electrons. The second kappa shape index (κ2) is 8.04. The summed E-state index contributed by atoms with van der Waals surface area (Å²) in [6.45, 7) is 5.36. The van der Waals surface area contributed by atoms with E-state index >= 15 is 0 Å². The van der Waals surface area contributed by atoms with Crippen molar-refractivity contribution < 1.29 is 39.1 Å². The van der Waals surface area contributed by atoms with E-state index in [4.69, 9.17) is 9.47 Å². The van der Waals surface area contributed by atoms with Gasteiger partial charge in [-0.3, -0.25) is 29.8 Å². The monoisotopic (exact) mass is 438 g/mol. The van der Waals surface area contributed by atoms with Crippen LogP contribution in [0.15, 0.2) is 47.0 Å². The van der Waals surface area contributed by atoms with E-state index in [1.54, 1.807) is 13.8 Å². The molecule has 2 aliphatic carbocycles. The van der Waals surface area contributed by atoms with Gasteiger partial charge in [0.25, 0.3) is 0 Å². The molecule has 12 nitrogen and oxygen atoms in total. The molecular formula is C19H22N2O10. The van der Waals surface area contributed by atoms with Crippen molar-refractivity contribution in [3.8, 4) is 0 Å². The molecule has 0 heterocycles. The Balaban J connectivity index is 2.58. The standard InChI is InChI=1S/C19H22N2O10/c1-11(22)30-15-9-18(24,20(26)27)7-5-13(15)17(3,4)14-6-8-19(25,21(28)29)10-16(14)31-12(2)23/h5-6,9-10,24-25H,7-8H2,1-4H3. The zero-order chi connectivity index (χ0) is 23.8. The summed E-state index contributed by atoms with van der Waals surface area (Å²) in [5.41, 5.74) is -5.68. The fourth-order valence-electron chi connectivity index (χ4n) is 3.40. The molecule has 2 rings (SSSR count). The van der Waals surface area contributed by atoms with Crippen molar-refractivity contribution in [1.82, 2.24) is 0 Å². The Bertz CT molecular complexity index is 898. The van der Waals surface area contributed by atoms with Crippen molar-refractivity contribution in [2.24, 2.45) is 5.41 Å². The number of esters is 2. The first-order valence-corrected chi connectivity index (χ1v) is 9.11. The number of nitrogens with zero attached hydrogens (tertiary/aromatic N) is 2. The molecule has 0 fully saturated rings. The number of nitro groups is 2. The summed E-state index contributed by atoms with van der Waals surface area (Å²) in [5, 5.41) is 42.9. The average molecular weight is 438 g/mol. The summed E-state index contributed by atoms with van der Waals surface area (Å²) < 4.78 is 10.2. The first-order valence-electron chi connectivity index (χ1n) is 9.11. The van der Waals surface area contributed by atoms with Crippen LogP contribution in [-0.4, -0.2) is 43.4 Å². The number of carbonyl (C=O) groups is 2. The molecule has 0 spiro atoms.